The third-order valence-corrected chi connectivity index (χ3v) is 16.0. The Labute approximate surface area is 363 Å². The van der Waals surface area contributed by atoms with Crippen LogP contribution in [0.15, 0.2) is 84.9 Å². The SMILES string of the molecule is CC(C)(C)c1ccc(N2c3cc(C#N)cc4c3B(c3cc5c(cc3N4c3ccc4c(c3)C(C)(C)CC4(C)C)C(C)(C)CC5(C)C)c3sc4ccc(C(C)(C)C)cc4c32)cc1. The first kappa shape index (κ1) is 39.4. The molecule has 3 nitrogen and oxygen atoms in total. The summed E-state index contributed by atoms with van der Waals surface area (Å²) >= 11 is 1.96. The quantitative estimate of drug-likeness (QED) is 0.163. The maximum Gasteiger partial charge on any atom is 0.264 e. The van der Waals surface area contributed by atoms with Gasteiger partial charge in [-0.3, -0.25) is 0 Å². The molecule has 4 aliphatic rings. The van der Waals surface area contributed by atoms with Crippen LogP contribution in [0.1, 0.15) is 149 Å². The Kier molecular flexibility index (Phi) is 8.00. The highest BCUT2D eigenvalue weighted by Crippen LogP contribution is 2.55. The fourth-order valence-corrected chi connectivity index (χ4v) is 13.5. The predicted octanol–water partition coefficient (Wildman–Crippen LogP) is 13.4. The van der Waals surface area contributed by atoms with Gasteiger partial charge in [-0.15, -0.1) is 11.3 Å². The number of hydrogen-bond acceptors (Lipinski definition) is 4. The summed E-state index contributed by atoms with van der Waals surface area (Å²) in [5.74, 6) is 0. The minimum Gasteiger partial charge on any atom is -0.311 e. The Morgan fingerprint density at radius 3 is 1.70 bits per heavy atom. The molecule has 0 N–H and O–H groups in total. The van der Waals surface area contributed by atoms with E-state index >= 15 is 0 Å². The molecule has 0 spiro atoms. The molecular weight excluding hydrogens is 746 g/mol. The second-order valence-electron chi connectivity index (χ2n) is 23.3. The third kappa shape index (κ3) is 5.58. The molecular formula is C55H60BN3S. The van der Waals surface area contributed by atoms with E-state index in [1.54, 1.807) is 0 Å². The molecule has 5 aromatic carbocycles. The number of rotatable bonds is 2. The molecule has 2 aliphatic heterocycles. The summed E-state index contributed by atoms with van der Waals surface area (Å²) in [4.78, 5) is 5.06. The smallest absolute Gasteiger partial charge is 0.264 e. The molecule has 0 atom stereocenters. The van der Waals surface area contributed by atoms with E-state index in [1.807, 2.05) is 11.3 Å². The molecule has 0 radical (unpaired) electrons. The summed E-state index contributed by atoms with van der Waals surface area (Å²) in [7, 11) is 0. The van der Waals surface area contributed by atoms with Gasteiger partial charge in [0.15, 0.2) is 0 Å². The van der Waals surface area contributed by atoms with Gasteiger partial charge in [-0.05, 0) is 144 Å². The van der Waals surface area contributed by atoms with Crippen LogP contribution < -0.4 is 25.5 Å². The lowest BCUT2D eigenvalue weighted by molar-refractivity contribution is 0.403. The van der Waals surface area contributed by atoms with Crippen molar-refractivity contribution >= 4 is 78.0 Å². The van der Waals surface area contributed by atoms with E-state index in [4.69, 9.17) is 0 Å². The van der Waals surface area contributed by atoms with Crippen LogP contribution in [-0.4, -0.2) is 6.71 Å². The Morgan fingerprint density at radius 2 is 1.10 bits per heavy atom. The first-order valence-corrected chi connectivity index (χ1v) is 22.9. The van der Waals surface area contributed by atoms with E-state index in [0.717, 1.165) is 29.9 Å². The second-order valence-corrected chi connectivity index (χ2v) is 24.4. The van der Waals surface area contributed by atoms with Crippen LogP contribution in [0.3, 0.4) is 0 Å². The standard InChI is InChI=1S/C55H60BN3S/c1-50(2,3)33-15-18-35(19-16-33)59-45-24-32(29-57)23-44-47(45)56(49-48(59)37-25-34(51(4,5)6)17-22-46(37)60-49)42-27-40-41(55(13,14)31-54(40,11)12)28-43(42)58(44)36-20-21-38-39(26-36)53(9,10)30-52(38,7)8/h15-28H,30-31H2,1-14H3. The van der Waals surface area contributed by atoms with Crippen molar-refractivity contribution in [2.75, 3.05) is 9.80 Å². The van der Waals surface area contributed by atoms with Crippen LogP contribution >= 0.6 is 11.3 Å². The highest BCUT2D eigenvalue weighted by atomic mass is 32.1. The van der Waals surface area contributed by atoms with Crippen molar-refractivity contribution < 1.29 is 0 Å². The Morgan fingerprint density at radius 1 is 0.567 bits per heavy atom. The van der Waals surface area contributed by atoms with Gasteiger partial charge in [0.25, 0.3) is 6.71 Å². The first-order valence-electron chi connectivity index (χ1n) is 22.1. The summed E-state index contributed by atoms with van der Waals surface area (Å²) < 4.78 is 2.68. The summed E-state index contributed by atoms with van der Waals surface area (Å²) in [5.41, 5.74) is 19.0. The van der Waals surface area contributed by atoms with Crippen LogP contribution in [0.4, 0.5) is 34.1 Å². The highest BCUT2D eigenvalue weighted by molar-refractivity contribution is 7.33. The van der Waals surface area contributed by atoms with Gasteiger partial charge < -0.3 is 9.80 Å². The average molecular weight is 806 g/mol. The highest BCUT2D eigenvalue weighted by Gasteiger charge is 2.50. The van der Waals surface area contributed by atoms with E-state index in [9.17, 15) is 5.26 Å². The molecule has 0 amide bonds. The summed E-state index contributed by atoms with van der Waals surface area (Å²) in [6, 6.07) is 35.9. The van der Waals surface area contributed by atoms with Crippen LogP contribution in [0.5, 0.6) is 0 Å². The van der Waals surface area contributed by atoms with Crippen LogP contribution in [0, 0.1) is 11.3 Å². The summed E-state index contributed by atoms with van der Waals surface area (Å²) in [6.45, 7) is 33.2. The zero-order chi connectivity index (χ0) is 42.9. The normalized spacial score (nSPS) is 18.8. The van der Waals surface area contributed by atoms with Crippen LogP contribution in [0.2, 0.25) is 0 Å². The van der Waals surface area contributed by atoms with E-state index < -0.39 is 0 Å². The van der Waals surface area contributed by atoms with Crippen LogP contribution in [0.25, 0.3) is 10.1 Å². The number of thiophene rings is 1. The Hall–Kier alpha value is -4.79. The number of fused-ring (bicyclic) bond motifs is 8. The lowest BCUT2D eigenvalue weighted by atomic mass is 9.36. The van der Waals surface area contributed by atoms with E-state index in [2.05, 4.69) is 198 Å². The third-order valence-electron chi connectivity index (χ3n) is 14.7. The number of benzene rings is 5. The zero-order valence-corrected chi connectivity index (χ0v) is 39.1. The molecule has 3 heterocycles. The summed E-state index contributed by atoms with van der Waals surface area (Å²) in [5, 5.41) is 12.2. The summed E-state index contributed by atoms with van der Waals surface area (Å²) in [6.07, 6.45) is 2.21. The van der Waals surface area contributed by atoms with Crippen molar-refractivity contribution in [3.05, 3.63) is 124 Å². The molecule has 6 aromatic rings. The van der Waals surface area contributed by atoms with E-state index in [0.29, 0.717) is 5.56 Å². The minimum absolute atomic E-state index is 0.000748. The molecule has 5 heteroatoms. The molecule has 0 saturated carbocycles. The number of hydrogen-bond donors (Lipinski definition) is 0. The number of nitrogens with zero attached hydrogens (tertiary/aromatic N) is 3. The van der Waals surface area contributed by atoms with Gasteiger partial charge in [0, 0.05) is 43.3 Å². The maximum atomic E-state index is 11.0. The fourth-order valence-electron chi connectivity index (χ4n) is 12.2. The predicted molar refractivity (Wildman–Crippen MR) is 259 cm³/mol. The van der Waals surface area contributed by atoms with E-state index in [1.165, 1.54) is 76.2 Å². The van der Waals surface area contributed by atoms with Crippen molar-refractivity contribution in [1.82, 2.24) is 0 Å². The lowest BCUT2D eigenvalue weighted by Gasteiger charge is -2.44. The monoisotopic (exact) mass is 805 g/mol. The molecule has 10 rings (SSSR count). The molecule has 60 heavy (non-hydrogen) atoms. The van der Waals surface area contributed by atoms with Gasteiger partial charge in [-0.25, -0.2) is 0 Å². The van der Waals surface area contributed by atoms with Crippen LogP contribution in [-0.2, 0) is 32.5 Å². The number of nitriles is 1. The molecule has 304 valence electrons. The van der Waals surface area contributed by atoms with Crippen molar-refractivity contribution in [2.45, 2.75) is 142 Å². The van der Waals surface area contributed by atoms with E-state index in [-0.39, 0.29) is 39.2 Å². The first-order chi connectivity index (χ1) is 27.9. The molecule has 0 bridgehead atoms. The van der Waals surface area contributed by atoms with Gasteiger partial charge >= 0.3 is 0 Å². The maximum absolute atomic E-state index is 11.0. The van der Waals surface area contributed by atoms with Crippen molar-refractivity contribution in [3.63, 3.8) is 0 Å². The zero-order valence-electron chi connectivity index (χ0n) is 38.3. The molecule has 1 aromatic heterocycles. The Bertz CT molecular complexity index is 2870. The lowest BCUT2D eigenvalue weighted by Crippen LogP contribution is -2.60. The molecule has 0 fully saturated rings. The Balaban J connectivity index is 1.34. The topological polar surface area (TPSA) is 30.3 Å². The number of anilines is 6. The fraction of sp³-hybridized carbons (Fsp3) is 0.400. The van der Waals surface area contributed by atoms with Gasteiger partial charge in [0.05, 0.1) is 17.3 Å². The van der Waals surface area contributed by atoms with Gasteiger partial charge in [-0.1, -0.05) is 127 Å². The largest absolute Gasteiger partial charge is 0.311 e. The molecule has 2 aliphatic carbocycles. The second kappa shape index (κ2) is 12.2. The van der Waals surface area contributed by atoms with Crippen molar-refractivity contribution in [3.8, 4) is 6.07 Å². The van der Waals surface area contributed by atoms with Crippen molar-refractivity contribution in [1.29, 1.82) is 5.26 Å². The van der Waals surface area contributed by atoms with Gasteiger partial charge in [0.1, 0.15) is 0 Å². The molecule has 0 saturated heterocycles. The van der Waals surface area contributed by atoms with Gasteiger partial charge in [-0.2, -0.15) is 5.26 Å². The van der Waals surface area contributed by atoms with Gasteiger partial charge in [0.2, 0.25) is 0 Å². The molecule has 0 unspecified atom stereocenters. The average Bonchev–Trinajstić information content (AvgIpc) is 3.69. The van der Waals surface area contributed by atoms with Crippen molar-refractivity contribution in [2.24, 2.45) is 0 Å². The minimum atomic E-state index is -0.00750.